The van der Waals surface area contributed by atoms with Crippen LogP contribution in [0.2, 0.25) is 0 Å². The lowest BCUT2D eigenvalue weighted by Gasteiger charge is -2.24. The lowest BCUT2D eigenvalue weighted by molar-refractivity contribution is 0.0808. The van der Waals surface area contributed by atoms with E-state index in [0.29, 0.717) is 6.04 Å². The van der Waals surface area contributed by atoms with Crippen LogP contribution in [0.5, 0.6) is 0 Å². The molecule has 0 N–H and O–H groups in total. The molecule has 2 aliphatic rings. The van der Waals surface area contributed by atoms with Crippen LogP contribution >= 0.6 is 0 Å². The Bertz CT molecular complexity index is 386. The van der Waals surface area contributed by atoms with Gasteiger partial charge in [0.05, 0.1) is 13.2 Å². The number of rotatable bonds is 6. The molecule has 1 aliphatic heterocycles. The summed E-state index contributed by atoms with van der Waals surface area (Å²) in [6, 6.07) is 1.32. The Labute approximate surface area is 109 Å². The largest absolute Gasteiger partial charge is 0.380 e. The second kappa shape index (κ2) is 5.41. The summed E-state index contributed by atoms with van der Waals surface area (Å²) in [5.41, 5.74) is 0. The Morgan fingerprint density at radius 3 is 3.06 bits per heavy atom. The fourth-order valence-electron chi connectivity index (χ4n) is 2.88. The fourth-order valence-corrected chi connectivity index (χ4v) is 2.88. The summed E-state index contributed by atoms with van der Waals surface area (Å²) in [4.78, 5) is 7.07. The first kappa shape index (κ1) is 12.2. The van der Waals surface area contributed by atoms with Crippen LogP contribution in [0.1, 0.15) is 44.5 Å². The minimum absolute atomic E-state index is 0.592. The van der Waals surface area contributed by atoms with E-state index in [1.54, 1.807) is 0 Å². The molecule has 1 aromatic rings. The predicted molar refractivity (Wildman–Crippen MR) is 70.4 cm³/mol. The van der Waals surface area contributed by atoms with E-state index in [4.69, 9.17) is 4.74 Å². The van der Waals surface area contributed by atoms with Gasteiger partial charge in [0.1, 0.15) is 5.82 Å². The summed E-state index contributed by atoms with van der Waals surface area (Å²) < 4.78 is 7.96. The molecule has 4 nitrogen and oxygen atoms in total. The van der Waals surface area contributed by atoms with Crippen molar-refractivity contribution < 1.29 is 4.74 Å². The molecule has 0 amide bonds. The summed E-state index contributed by atoms with van der Waals surface area (Å²) in [7, 11) is 0. The molecule has 1 aliphatic carbocycles. The van der Waals surface area contributed by atoms with Crippen molar-refractivity contribution in [3.05, 3.63) is 18.2 Å². The van der Waals surface area contributed by atoms with E-state index < -0.39 is 0 Å². The van der Waals surface area contributed by atoms with Crippen LogP contribution in [0.4, 0.5) is 0 Å². The zero-order chi connectivity index (χ0) is 12.4. The molecule has 1 saturated carbocycles. The van der Waals surface area contributed by atoms with Crippen molar-refractivity contribution >= 4 is 0 Å². The lowest BCUT2D eigenvalue weighted by Crippen LogP contribution is -2.33. The van der Waals surface area contributed by atoms with Crippen LogP contribution in [0.15, 0.2) is 12.4 Å². The van der Waals surface area contributed by atoms with Gasteiger partial charge in [-0.25, -0.2) is 4.98 Å². The molecule has 1 unspecified atom stereocenters. The van der Waals surface area contributed by atoms with E-state index in [9.17, 15) is 0 Å². The Morgan fingerprint density at radius 1 is 1.39 bits per heavy atom. The third-order valence-corrected chi connectivity index (χ3v) is 4.05. The number of likely N-dealkylation sites (tertiary alicyclic amines) is 1. The van der Waals surface area contributed by atoms with Crippen LogP contribution in [0.3, 0.4) is 0 Å². The van der Waals surface area contributed by atoms with Gasteiger partial charge in [-0.05, 0) is 39.2 Å². The molecule has 100 valence electrons. The highest BCUT2D eigenvalue weighted by Crippen LogP contribution is 2.36. The van der Waals surface area contributed by atoms with Crippen molar-refractivity contribution in [3.8, 4) is 0 Å². The van der Waals surface area contributed by atoms with Crippen molar-refractivity contribution in [2.24, 2.45) is 0 Å². The Hall–Kier alpha value is -0.870. The summed E-state index contributed by atoms with van der Waals surface area (Å²) >= 11 is 0. The monoisotopic (exact) mass is 249 g/mol. The zero-order valence-electron chi connectivity index (χ0n) is 11.2. The average Bonchev–Trinajstić information content (AvgIpc) is 2.96. The fraction of sp³-hybridized carbons (Fsp3) is 0.786. The maximum absolute atomic E-state index is 5.59. The predicted octanol–water partition coefficient (Wildman–Crippen LogP) is 2.22. The van der Waals surface area contributed by atoms with Crippen molar-refractivity contribution in [2.75, 3.05) is 19.8 Å². The molecular formula is C14H23N3O. The van der Waals surface area contributed by atoms with Crippen LogP contribution in [-0.2, 0) is 11.3 Å². The van der Waals surface area contributed by atoms with Crippen LogP contribution in [-0.4, -0.2) is 40.3 Å². The van der Waals surface area contributed by atoms with Crippen molar-refractivity contribution in [3.63, 3.8) is 0 Å². The van der Waals surface area contributed by atoms with Crippen LogP contribution in [0.25, 0.3) is 0 Å². The van der Waals surface area contributed by atoms with Gasteiger partial charge in [-0.3, -0.25) is 4.90 Å². The smallest absolute Gasteiger partial charge is 0.123 e. The quantitative estimate of drug-likeness (QED) is 0.774. The summed E-state index contributed by atoms with van der Waals surface area (Å²) in [5, 5.41) is 0. The molecule has 1 saturated heterocycles. The van der Waals surface area contributed by atoms with Crippen LogP contribution in [0, 0.1) is 0 Å². The van der Waals surface area contributed by atoms with E-state index in [2.05, 4.69) is 27.6 Å². The average molecular weight is 249 g/mol. The Kier molecular flexibility index (Phi) is 3.66. The summed E-state index contributed by atoms with van der Waals surface area (Å²) in [6.07, 6.45) is 9.30. The highest BCUT2D eigenvalue weighted by molar-refractivity contribution is 5.00. The minimum atomic E-state index is 0.592. The van der Waals surface area contributed by atoms with Gasteiger partial charge in [0, 0.05) is 31.1 Å². The molecule has 0 bridgehead atoms. The normalized spacial score (nSPS) is 24.8. The van der Waals surface area contributed by atoms with Gasteiger partial charge in [0.15, 0.2) is 0 Å². The first-order valence-corrected chi connectivity index (χ1v) is 7.22. The maximum atomic E-state index is 5.59. The molecule has 18 heavy (non-hydrogen) atoms. The number of hydrogen-bond donors (Lipinski definition) is 0. The molecule has 1 atom stereocenters. The van der Waals surface area contributed by atoms with Gasteiger partial charge in [-0.15, -0.1) is 0 Å². The highest BCUT2D eigenvalue weighted by Gasteiger charge is 2.29. The number of ether oxygens (including phenoxy) is 1. The van der Waals surface area contributed by atoms with Gasteiger partial charge in [0.25, 0.3) is 0 Å². The SMILES string of the molecule is CCOCC1CCCN1Cc1nccn1C1CC1. The van der Waals surface area contributed by atoms with E-state index in [0.717, 1.165) is 25.8 Å². The Morgan fingerprint density at radius 2 is 2.28 bits per heavy atom. The van der Waals surface area contributed by atoms with Gasteiger partial charge in [-0.1, -0.05) is 0 Å². The number of aromatic nitrogens is 2. The first-order chi connectivity index (χ1) is 8.88. The van der Waals surface area contributed by atoms with Gasteiger partial charge >= 0.3 is 0 Å². The highest BCUT2D eigenvalue weighted by atomic mass is 16.5. The number of imidazole rings is 1. The molecule has 2 heterocycles. The minimum Gasteiger partial charge on any atom is -0.380 e. The molecule has 0 aromatic carbocycles. The van der Waals surface area contributed by atoms with E-state index in [1.807, 2.05) is 6.20 Å². The van der Waals surface area contributed by atoms with E-state index in [-0.39, 0.29) is 0 Å². The van der Waals surface area contributed by atoms with E-state index >= 15 is 0 Å². The van der Waals surface area contributed by atoms with E-state index in [1.165, 1.54) is 38.1 Å². The van der Waals surface area contributed by atoms with Crippen molar-refractivity contribution in [2.45, 2.75) is 51.2 Å². The third-order valence-electron chi connectivity index (χ3n) is 4.05. The van der Waals surface area contributed by atoms with Gasteiger partial charge < -0.3 is 9.30 Å². The molecular weight excluding hydrogens is 226 g/mol. The lowest BCUT2D eigenvalue weighted by atomic mass is 10.2. The first-order valence-electron chi connectivity index (χ1n) is 7.22. The standard InChI is InChI=1S/C14H23N3O/c1-2-18-11-13-4-3-8-16(13)10-14-15-7-9-17(14)12-5-6-12/h7,9,12-13H,2-6,8,10-11H2,1H3. The third kappa shape index (κ3) is 2.59. The molecule has 0 spiro atoms. The second-order valence-corrected chi connectivity index (χ2v) is 5.41. The summed E-state index contributed by atoms with van der Waals surface area (Å²) in [6.45, 7) is 5.94. The molecule has 3 rings (SSSR count). The van der Waals surface area contributed by atoms with Crippen molar-refractivity contribution in [1.29, 1.82) is 0 Å². The van der Waals surface area contributed by atoms with Gasteiger partial charge in [-0.2, -0.15) is 0 Å². The maximum Gasteiger partial charge on any atom is 0.123 e. The molecule has 0 radical (unpaired) electrons. The number of nitrogens with zero attached hydrogens (tertiary/aromatic N) is 3. The van der Waals surface area contributed by atoms with Crippen molar-refractivity contribution in [1.82, 2.24) is 14.5 Å². The molecule has 1 aromatic heterocycles. The molecule has 2 fully saturated rings. The number of hydrogen-bond acceptors (Lipinski definition) is 3. The molecule has 4 heteroatoms. The van der Waals surface area contributed by atoms with Gasteiger partial charge in [0.2, 0.25) is 0 Å². The topological polar surface area (TPSA) is 30.3 Å². The Balaban J connectivity index is 1.62. The van der Waals surface area contributed by atoms with Crippen LogP contribution < -0.4 is 0 Å². The summed E-state index contributed by atoms with van der Waals surface area (Å²) in [5.74, 6) is 1.24. The zero-order valence-corrected chi connectivity index (χ0v) is 11.2. The second-order valence-electron chi connectivity index (χ2n) is 5.41.